The number of aromatic nitrogens is 5. The summed E-state index contributed by atoms with van der Waals surface area (Å²) in [5.41, 5.74) is 3.07. The zero-order valence-corrected chi connectivity index (χ0v) is 22.0. The van der Waals surface area contributed by atoms with Crippen molar-refractivity contribution in [1.82, 2.24) is 29.6 Å². The number of methoxy groups -OCH3 is 1. The van der Waals surface area contributed by atoms with Gasteiger partial charge in [-0.25, -0.2) is 24.0 Å². The topological polar surface area (TPSA) is 93.5 Å². The summed E-state index contributed by atoms with van der Waals surface area (Å²) >= 11 is 1.58. The van der Waals surface area contributed by atoms with E-state index >= 15 is 0 Å². The molecule has 5 heterocycles. The minimum Gasteiger partial charge on any atom is -0.497 e. The van der Waals surface area contributed by atoms with Crippen LogP contribution in [0.2, 0.25) is 0 Å². The number of morpholine rings is 1. The van der Waals surface area contributed by atoms with Crippen LogP contribution < -0.4 is 15.0 Å². The van der Waals surface area contributed by atoms with E-state index in [1.807, 2.05) is 18.3 Å². The van der Waals surface area contributed by atoms with Crippen molar-refractivity contribution < 1.29 is 13.9 Å². The number of nitrogens with zero attached hydrogens (tertiary/aromatic N) is 7. The summed E-state index contributed by atoms with van der Waals surface area (Å²) < 4.78 is 26.2. The number of hydrogen-bond donors (Lipinski definition) is 1. The van der Waals surface area contributed by atoms with Crippen molar-refractivity contribution in [2.45, 2.75) is 13.0 Å². The molecule has 0 bridgehead atoms. The molecule has 0 aliphatic carbocycles. The summed E-state index contributed by atoms with van der Waals surface area (Å²) in [6, 6.07) is 8.09. The van der Waals surface area contributed by atoms with Crippen LogP contribution in [0.1, 0.15) is 10.4 Å². The highest BCUT2D eigenvalue weighted by Gasteiger charge is 2.28. The molecule has 1 saturated heterocycles. The predicted octanol–water partition coefficient (Wildman–Crippen LogP) is 3.43. The van der Waals surface area contributed by atoms with E-state index in [1.165, 1.54) is 4.88 Å². The first-order chi connectivity index (χ1) is 18.7. The molecule has 1 aromatic carbocycles. The van der Waals surface area contributed by atoms with Gasteiger partial charge in [-0.2, -0.15) is 5.10 Å². The normalized spacial score (nSPS) is 15.6. The standard InChI is InChI=1S/C26H29FN8O2S/c1-36-20-4-2-18(3-5-20)17-35-24-21(16-30-35)23-22(6-7-34(24)9-8-33-10-12-37-13-11-33)38-26(31-23)32-25-28-14-19(27)15-29-25/h2-5,14-16H,6-13,17H2,1H3,(H,28,29,31,32). The Labute approximate surface area is 224 Å². The molecule has 4 aromatic rings. The lowest BCUT2D eigenvalue weighted by atomic mass is 10.2. The molecule has 0 unspecified atom stereocenters. The number of hydrogen-bond acceptors (Lipinski definition) is 10. The van der Waals surface area contributed by atoms with E-state index in [9.17, 15) is 4.39 Å². The molecule has 0 saturated carbocycles. The van der Waals surface area contributed by atoms with Crippen molar-refractivity contribution in [2.75, 3.05) is 63.3 Å². The van der Waals surface area contributed by atoms with Gasteiger partial charge in [0.05, 0.1) is 56.7 Å². The molecule has 2 aliphatic heterocycles. The molecule has 2 aliphatic rings. The lowest BCUT2D eigenvalue weighted by molar-refractivity contribution is 0.0391. The zero-order valence-electron chi connectivity index (χ0n) is 21.1. The van der Waals surface area contributed by atoms with E-state index in [0.29, 0.717) is 17.6 Å². The lowest BCUT2D eigenvalue weighted by Gasteiger charge is -2.31. The van der Waals surface area contributed by atoms with Crippen LogP contribution in [0.3, 0.4) is 0 Å². The van der Waals surface area contributed by atoms with Crippen LogP contribution in [0.25, 0.3) is 11.3 Å². The van der Waals surface area contributed by atoms with E-state index in [2.05, 4.69) is 41.9 Å². The van der Waals surface area contributed by atoms with E-state index < -0.39 is 5.82 Å². The summed E-state index contributed by atoms with van der Waals surface area (Å²) in [6.45, 7) is 6.85. The molecule has 0 spiro atoms. The van der Waals surface area contributed by atoms with Crippen molar-refractivity contribution in [2.24, 2.45) is 0 Å². The van der Waals surface area contributed by atoms with Crippen molar-refractivity contribution in [1.29, 1.82) is 0 Å². The molecule has 1 fully saturated rings. The maximum absolute atomic E-state index is 13.2. The average Bonchev–Trinajstić information content (AvgIpc) is 3.51. The Morgan fingerprint density at radius 1 is 1.05 bits per heavy atom. The quantitative estimate of drug-likeness (QED) is 0.364. The van der Waals surface area contributed by atoms with Gasteiger partial charge in [-0.3, -0.25) is 4.90 Å². The molecule has 38 heavy (non-hydrogen) atoms. The van der Waals surface area contributed by atoms with Crippen molar-refractivity contribution in [3.05, 3.63) is 59.1 Å². The molecule has 3 aromatic heterocycles. The van der Waals surface area contributed by atoms with Gasteiger partial charge in [0, 0.05) is 44.0 Å². The number of anilines is 3. The number of thiazole rings is 1. The number of nitrogens with one attached hydrogen (secondary N) is 1. The van der Waals surface area contributed by atoms with E-state index in [-0.39, 0.29) is 0 Å². The summed E-state index contributed by atoms with van der Waals surface area (Å²) in [4.78, 5) is 19.0. The molecule has 0 amide bonds. The van der Waals surface area contributed by atoms with Crippen molar-refractivity contribution in [3.8, 4) is 17.0 Å². The van der Waals surface area contributed by atoms with Gasteiger partial charge >= 0.3 is 0 Å². The van der Waals surface area contributed by atoms with E-state index in [4.69, 9.17) is 19.6 Å². The van der Waals surface area contributed by atoms with Gasteiger partial charge in [0.2, 0.25) is 5.95 Å². The second-order valence-electron chi connectivity index (χ2n) is 9.22. The van der Waals surface area contributed by atoms with Gasteiger partial charge in [0.15, 0.2) is 10.9 Å². The average molecular weight is 537 g/mol. The van der Waals surface area contributed by atoms with Crippen LogP contribution in [0.4, 0.5) is 21.3 Å². The number of benzene rings is 1. The molecular formula is C26H29FN8O2S. The Bertz CT molecular complexity index is 1370. The zero-order chi connectivity index (χ0) is 25.9. The highest BCUT2D eigenvalue weighted by atomic mass is 32.1. The first kappa shape index (κ1) is 24.7. The third-order valence-electron chi connectivity index (χ3n) is 6.79. The Kier molecular flexibility index (Phi) is 7.16. The van der Waals surface area contributed by atoms with Crippen molar-refractivity contribution >= 4 is 28.2 Å². The fourth-order valence-corrected chi connectivity index (χ4v) is 5.76. The van der Waals surface area contributed by atoms with Crippen LogP contribution >= 0.6 is 11.3 Å². The first-order valence-corrected chi connectivity index (χ1v) is 13.5. The summed E-state index contributed by atoms with van der Waals surface area (Å²) in [6.07, 6.45) is 5.06. The number of ether oxygens (including phenoxy) is 2. The molecule has 1 N–H and O–H groups in total. The minimum absolute atomic E-state index is 0.317. The van der Waals surface area contributed by atoms with Gasteiger partial charge in [-0.15, -0.1) is 11.3 Å². The number of halogens is 1. The third-order valence-corrected chi connectivity index (χ3v) is 7.82. The Morgan fingerprint density at radius 3 is 2.61 bits per heavy atom. The fourth-order valence-electron chi connectivity index (χ4n) is 4.80. The first-order valence-electron chi connectivity index (χ1n) is 12.6. The van der Waals surface area contributed by atoms with Crippen LogP contribution in [0, 0.1) is 5.82 Å². The van der Waals surface area contributed by atoms with Crippen LogP contribution in [-0.2, 0) is 17.7 Å². The summed E-state index contributed by atoms with van der Waals surface area (Å²) in [5.74, 6) is 1.74. The van der Waals surface area contributed by atoms with Crippen LogP contribution in [0.15, 0.2) is 42.9 Å². The molecule has 10 nitrogen and oxygen atoms in total. The third kappa shape index (κ3) is 5.33. The van der Waals surface area contributed by atoms with Crippen LogP contribution in [0.5, 0.6) is 5.75 Å². The lowest BCUT2D eigenvalue weighted by Crippen LogP contribution is -2.42. The molecule has 0 radical (unpaired) electrons. The SMILES string of the molecule is COc1ccc(Cn2ncc3c2N(CCN2CCOCC2)CCc2sc(Nc4ncc(F)cn4)nc2-3)cc1. The Hall–Kier alpha value is -3.61. The van der Waals surface area contributed by atoms with Crippen LogP contribution in [-0.4, -0.2) is 82.7 Å². The largest absolute Gasteiger partial charge is 0.497 e. The second kappa shape index (κ2) is 11.0. The number of fused-ring (bicyclic) bond motifs is 3. The molecule has 6 rings (SSSR count). The molecular weight excluding hydrogens is 507 g/mol. The van der Waals surface area contributed by atoms with Gasteiger partial charge in [0.1, 0.15) is 11.6 Å². The van der Waals surface area contributed by atoms with Gasteiger partial charge in [-0.05, 0) is 17.7 Å². The van der Waals surface area contributed by atoms with Gasteiger partial charge in [-0.1, -0.05) is 12.1 Å². The minimum atomic E-state index is -0.475. The second-order valence-corrected chi connectivity index (χ2v) is 10.3. The predicted molar refractivity (Wildman–Crippen MR) is 144 cm³/mol. The maximum atomic E-state index is 13.2. The van der Waals surface area contributed by atoms with Gasteiger partial charge in [0.25, 0.3) is 0 Å². The maximum Gasteiger partial charge on any atom is 0.229 e. The number of rotatable bonds is 8. The Morgan fingerprint density at radius 2 is 1.84 bits per heavy atom. The van der Waals surface area contributed by atoms with Crippen molar-refractivity contribution in [3.63, 3.8) is 0 Å². The highest BCUT2D eigenvalue weighted by Crippen LogP contribution is 2.40. The van der Waals surface area contributed by atoms with E-state index in [0.717, 1.165) is 93.1 Å². The molecule has 0 atom stereocenters. The monoisotopic (exact) mass is 536 g/mol. The smallest absolute Gasteiger partial charge is 0.229 e. The summed E-state index contributed by atoms with van der Waals surface area (Å²) in [5, 5.41) is 8.61. The highest BCUT2D eigenvalue weighted by molar-refractivity contribution is 7.16. The van der Waals surface area contributed by atoms with Gasteiger partial charge < -0.3 is 19.7 Å². The Balaban J connectivity index is 1.30. The molecule has 198 valence electrons. The fraction of sp³-hybridized carbons (Fsp3) is 0.385. The van der Waals surface area contributed by atoms with E-state index in [1.54, 1.807) is 18.4 Å². The molecule has 12 heteroatoms. The summed E-state index contributed by atoms with van der Waals surface area (Å²) in [7, 11) is 1.67.